The summed E-state index contributed by atoms with van der Waals surface area (Å²) in [6.45, 7) is 2.70. The summed E-state index contributed by atoms with van der Waals surface area (Å²) in [6.07, 6.45) is 0. The van der Waals surface area contributed by atoms with Gasteiger partial charge in [0.1, 0.15) is 10.0 Å². The molecular formula is C9H10Cl3N3O. The molecule has 0 unspecified atom stereocenters. The van der Waals surface area contributed by atoms with Gasteiger partial charge in [0, 0.05) is 13.1 Å². The van der Waals surface area contributed by atoms with Crippen LogP contribution in [0.1, 0.15) is 0 Å². The minimum absolute atomic E-state index is 0.171. The summed E-state index contributed by atoms with van der Waals surface area (Å²) in [6, 6.07) is 0. The van der Waals surface area contributed by atoms with Gasteiger partial charge in [-0.2, -0.15) is 0 Å². The Morgan fingerprint density at radius 3 is 2.38 bits per heavy atom. The highest BCUT2D eigenvalue weighted by atomic mass is 35.5. The number of anilines is 2. The third kappa shape index (κ3) is 2.15. The van der Waals surface area contributed by atoms with Crippen LogP contribution in [0.4, 0.5) is 11.5 Å². The van der Waals surface area contributed by atoms with Gasteiger partial charge in [-0.3, -0.25) is 0 Å². The number of hydrogen-bond acceptors (Lipinski definition) is 4. The van der Waals surface area contributed by atoms with E-state index >= 15 is 0 Å². The van der Waals surface area contributed by atoms with Gasteiger partial charge in [-0.15, -0.1) is 0 Å². The summed E-state index contributed by atoms with van der Waals surface area (Å²) in [7, 11) is 0. The van der Waals surface area contributed by atoms with Crippen LogP contribution >= 0.6 is 34.8 Å². The minimum Gasteiger partial charge on any atom is -0.396 e. The second-order valence-corrected chi connectivity index (χ2v) is 4.48. The van der Waals surface area contributed by atoms with Gasteiger partial charge in [0.2, 0.25) is 0 Å². The van der Waals surface area contributed by atoms with Crippen molar-refractivity contribution < 1.29 is 4.74 Å². The van der Waals surface area contributed by atoms with Crippen molar-refractivity contribution in [3.8, 4) is 0 Å². The number of nitrogens with two attached hydrogens (primary N) is 1. The van der Waals surface area contributed by atoms with E-state index in [-0.39, 0.29) is 15.9 Å². The first-order valence-electron chi connectivity index (χ1n) is 4.74. The van der Waals surface area contributed by atoms with E-state index in [1.807, 2.05) is 4.90 Å². The maximum atomic E-state index is 6.09. The van der Waals surface area contributed by atoms with Gasteiger partial charge in [0.05, 0.1) is 18.9 Å². The molecule has 2 heterocycles. The lowest BCUT2D eigenvalue weighted by Crippen LogP contribution is -2.37. The number of nitrogen functional groups attached to an aromatic ring is 1. The second kappa shape index (κ2) is 4.84. The Kier molecular flexibility index (Phi) is 3.64. The number of rotatable bonds is 1. The van der Waals surface area contributed by atoms with Crippen molar-refractivity contribution in [3.63, 3.8) is 0 Å². The molecule has 0 radical (unpaired) electrons. The molecule has 0 atom stereocenters. The largest absolute Gasteiger partial charge is 0.396 e. The Hall–Kier alpha value is -0.420. The average Bonchev–Trinajstić information content (AvgIpc) is 2.32. The first kappa shape index (κ1) is 12.0. The van der Waals surface area contributed by atoms with Crippen molar-refractivity contribution in [2.24, 2.45) is 0 Å². The first-order chi connectivity index (χ1) is 7.61. The molecule has 0 bridgehead atoms. The summed E-state index contributed by atoms with van der Waals surface area (Å²) >= 11 is 17.8. The van der Waals surface area contributed by atoms with Crippen LogP contribution in [-0.4, -0.2) is 31.3 Å². The molecular weight excluding hydrogens is 272 g/mol. The molecule has 0 aliphatic carbocycles. The summed E-state index contributed by atoms with van der Waals surface area (Å²) in [4.78, 5) is 6.13. The highest BCUT2D eigenvalue weighted by Crippen LogP contribution is 2.38. The lowest BCUT2D eigenvalue weighted by Gasteiger charge is -2.29. The van der Waals surface area contributed by atoms with Crippen LogP contribution in [0, 0.1) is 0 Å². The Bertz CT molecular complexity index is 407. The third-order valence-corrected chi connectivity index (χ3v) is 3.49. The van der Waals surface area contributed by atoms with Crippen LogP contribution in [0.15, 0.2) is 0 Å². The molecule has 7 heteroatoms. The van der Waals surface area contributed by atoms with Gasteiger partial charge < -0.3 is 15.4 Å². The molecule has 4 nitrogen and oxygen atoms in total. The Morgan fingerprint density at radius 1 is 1.12 bits per heavy atom. The van der Waals surface area contributed by atoms with Crippen LogP contribution in [0.5, 0.6) is 0 Å². The van der Waals surface area contributed by atoms with Crippen molar-refractivity contribution in [2.75, 3.05) is 36.9 Å². The fraction of sp³-hybridized carbons (Fsp3) is 0.444. The predicted molar refractivity (Wildman–Crippen MR) is 66.7 cm³/mol. The van der Waals surface area contributed by atoms with Gasteiger partial charge in [-0.1, -0.05) is 34.8 Å². The summed E-state index contributed by atoms with van der Waals surface area (Å²) in [5, 5.41) is 0.713. The molecule has 0 amide bonds. The summed E-state index contributed by atoms with van der Waals surface area (Å²) < 4.78 is 5.24. The quantitative estimate of drug-likeness (QED) is 0.804. The number of pyridine rings is 1. The third-order valence-electron chi connectivity index (χ3n) is 2.37. The van der Waals surface area contributed by atoms with Crippen molar-refractivity contribution >= 4 is 46.3 Å². The van der Waals surface area contributed by atoms with Crippen LogP contribution in [-0.2, 0) is 4.74 Å². The van der Waals surface area contributed by atoms with Crippen LogP contribution in [0.2, 0.25) is 15.2 Å². The summed E-state index contributed by atoms with van der Waals surface area (Å²) in [5.74, 6) is 0.567. The molecule has 16 heavy (non-hydrogen) atoms. The van der Waals surface area contributed by atoms with E-state index in [0.717, 1.165) is 0 Å². The van der Waals surface area contributed by atoms with Gasteiger partial charge >= 0.3 is 0 Å². The maximum absolute atomic E-state index is 6.09. The van der Waals surface area contributed by atoms with Crippen molar-refractivity contribution in [2.45, 2.75) is 0 Å². The van der Waals surface area contributed by atoms with E-state index in [1.165, 1.54) is 0 Å². The zero-order chi connectivity index (χ0) is 11.7. The fourth-order valence-corrected chi connectivity index (χ4v) is 2.13. The van der Waals surface area contributed by atoms with Gasteiger partial charge in [0.15, 0.2) is 11.0 Å². The molecule has 0 aromatic carbocycles. The Labute approximate surface area is 108 Å². The van der Waals surface area contributed by atoms with Crippen molar-refractivity contribution in [3.05, 3.63) is 15.2 Å². The molecule has 1 saturated heterocycles. The highest BCUT2D eigenvalue weighted by molar-refractivity contribution is 6.46. The molecule has 88 valence electrons. The highest BCUT2D eigenvalue weighted by Gasteiger charge is 2.20. The van der Waals surface area contributed by atoms with Crippen molar-refractivity contribution in [1.82, 2.24) is 4.98 Å². The van der Waals surface area contributed by atoms with E-state index < -0.39 is 0 Å². The number of halogens is 3. The van der Waals surface area contributed by atoms with Gasteiger partial charge in [-0.25, -0.2) is 4.98 Å². The molecule has 1 fully saturated rings. The average molecular weight is 283 g/mol. The van der Waals surface area contributed by atoms with Gasteiger partial charge in [-0.05, 0) is 0 Å². The van der Waals surface area contributed by atoms with Crippen LogP contribution < -0.4 is 10.6 Å². The predicted octanol–water partition coefficient (Wildman–Crippen LogP) is 2.46. The van der Waals surface area contributed by atoms with E-state index in [1.54, 1.807) is 0 Å². The normalized spacial score (nSPS) is 16.6. The first-order valence-corrected chi connectivity index (χ1v) is 5.87. The van der Waals surface area contributed by atoms with Crippen molar-refractivity contribution in [1.29, 1.82) is 0 Å². The standard InChI is InChI=1S/C9H10Cl3N3O/c10-5-7(13)6(11)9(14-8(5)12)15-1-3-16-4-2-15/h1-4H2,(H2,13,14). The van der Waals surface area contributed by atoms with E-state index in [9.17, 15) is 0 Å². The molecule has 1 aliphatic rings. The maximum Gasteiger partial charge on any atom is 0.152 e. The van der Waals surface area contributed by atoms with Crippen LogP contribution in [0.25, 0.3) is 0 Å². The molecule has 1 aliphatic heterocycles. The lowest BCUT2D eigenvalue weighted by atomic mass is 10.3. The molecule has 1 aromatic rings. The van der Waals surface area contributed by atoms with Gasteiger partial charge in [0.25, 0.3) is 0 Å². The fourth-order valence-electron chi connectivity index (χ4n) is 1.50. The van der Waals surface area contributed by atoms with Crippen LogP contribution in [0.3, 0.4) is 0 Å². The number of hydrogen-bond donors (Lipinski definition) is 1. The SMILES string of the molecule is Nc1c(Cl)c(Cl)nc(N2CCOCC2)c1Cl. The number of ether oxygens (including phenoxy) is 1. The number of morpholine rings is 1. The Morgan fingerprint density at radius 2 is 1.75 bits per heavy atom. The topological polar surface area (TPSA) is 51.4 Å². The molecule has 2 rings (SSSR count). The zero-order valence-corrected chi connectivity index (χ0v) is 10.6. The molecule has 2 N–H and O–H groups in total. The Balaban J connectivity index is 2.40. The second-order valence-electron chi connectivity index (χ2n) is 3.37. The zero-order valence-electron chi connectivity index (χ0n) is 8.34. The molecule has 1 aromatic heterocycles. The van der Waals surface area contributed by atoms with E-state index in [4.69, 9.17) is 45.3 Å². The number of aromatic nitrogens is 1. The van der Waals surface area contributed by atoms with E-state index in [0.29, 0.717) is 37.1 Å². The minimum atomic E-state index is 0.171. The monoisotopic (exact) mass is 281 g/mol. The molecule has 0 saturated carbocycles. The smallest absolute Gasteiger partial charge is 0.152 e. The summed E-state index contributed by atoms with van der Waals surface area (Å²) in [5.41, 5.74) is 6.01. The van der Waals surface area contributed by atoms with E-state index in [2.05, 4.69) is 4.98 Å². The molecule has 0 spiro atoms. The lowest BCUT2D eigenvalue weighted by molar-refractivity contribution is 0.122. The number of nitrogens with zero attached hydrogens (tertiary/aromatic N) is 2.